The lowest BCUT2D eigenvalue weighted by Crippen LogP contribution is -2.32. The summed E-state index contributed by atoms with van der Waals surface area (Å²) in [6.07, 6.45) is 0.545. The summed E-state index contributed by atoms with van der Waals surface area (Å²) in [5, 5.41) is 0.367. The molecule has 0 bridgehead atoms. The van der Waals surface area contributed by atoms with Gasteiger partial charge in [-0.3, -0.25) is 9.69 Å². The van der Waals surface area contributed by atoms with Crippen molar-refractivity contribution in [3.05, 3.63) is 96.1 Å². The van der Waals surface area contributed by atoms with Crippen LogP contribution in [0.3, 0.4) is 0 Å². The smallest absolute Gasteiger partial charge is 0.338 e. The fourth-order valence-corrected chi connectivity index (χ4v) is 4.50. The lowest BCUT2D eigenvalue weighted by molar-refractivity contribution is -0.116. The number of carbonyl (C=O) groups excluding carboxylic acids is 2. The fourth-order valence-electron chi connectivity index (χ4n) is 3.31. The maximum absolute atomic E-state index is 13.3. The maximum atomic E-state index is 13.3. The van der Waals surface area contributed by atoms with E-state index in [0.29, 0.717) is 23.8 Å². The van der Waals surface area contributed by atoms with E-state index in [0.717, 1.165) is 16.9 Å². The normalized spacial score (nSPS) is 17.2. The average Bonchev–Trinajstić information content (AvgIpc) is 3.10. The van der Waals surface area contributed by atoms with Gasteiger partial charge in [0, 0.05) is 0 Å². The number of amides is 1. The summed E-state index contributed by atoms with van der Waals surface area (Å²) in [4.78, 5) is 31.6. The van der Waals surface area contributed by atoms with E-state index in [1.807, 2.05) is 72.8 Å². The summed E-state index contributed by atoms with van der Waals surface area (Å²) in [5.41, 5.74) is 3.09. The molecule has 156 valence electrons. The van der Waals surface area contributed by atoms with E-state index >= 15 is 0 Å². The lowest BCUT2D eigenvalue weighted by atomic mass is 10.1. The zero-order valence-corrected chi connectivity index (χ0v) is 17.9. The van der Waals surface area contributed by atoms with E-state index in [1.54, 1.807) is 24.0 Å². The van der Waals surface area contributed by atoms with Crippen LogP contribution in [0.25, 0.3) is 0 Å². The Kier molecular flexibility index (Phi) is 6.48. The van der Waals surface area contributed by atoms with Gasteiger partial charge in [0.15, 0.2) is 5.17 Å². The number of benzene rings is 3. The monoisotopic (exact) mass is 430 g/mol. The van der Waals surface area contributed by atoms with Crippen LogP contribution in [-0.2, 0) is 16.0 Å². The molecule has 1 saturated heterocycles. The number of hydrogen-bond acceptors (Lipinski definition) is 5. The van der Waals surface area contributed by atoms with Gasteiger partial charge >= 0.3 is 5.97 Å². The molecule has 0 unspecified atom stereocenters. The van der Waals surface area contributed by atoms with Crippen LogP contribution in [0.15, 0.2) is 89.9 Å². The summed E-state index contributed by atoms with van der Waals surface area (Å²) in [6, 6.07) is 26.4. The molecule has 3 aromatic rings. The molecule has 1 aliphatic heterocycles. The Morgan fingerprint density at radius 1 is 0.968 bits per heavy atom. The molecule has 3 aromatic carbocycles. The van der Waals surface area contributed by atoms with Crippen LogP contribution in [0.1, 0.15) is 22.8 Å². The molecule has 1 amide bonds. The number of amidine groups is 1. The average molecular weight is 431 g/mol. The van der Waals surface area contributed by atoms with Crippen LogP contribution in [0.2, 0.25) is 0 Å². The molecular weight excluding hydrogens is 408 g/mol. The number of rotatable bonds is 6. The highest BCUT2D eigenvalue weighted by Crippen LogP contribution is 2.35. The Hall–Kier alpha value is -3.38. The van der Waals surface area contributed by atoms with Gasteiger partial charge in [0.1, 0.15) is 0 Å². The third-order valence-electron chi connectivity index (χ3n) is 4.82. The van der Waals surface area contributed by atoms with Crippen LogP contribution in [0, 0.1) is 0 Å². The standard InChI is InChI=1S/C25H22N2O3S/c1-2-30-24(29)19-15-13-18(14-16-19)17-22-23(28)27(21-11-7-4-8-12-21)25(31-22)26-20-9-5-3-6-10-20/h3-16,22H,2,17H2,1H3/t22-/m0/s1. The second kappa shape index (κ2) is 9.62. The van der Waals surface area contributed by atoms with Crippen molar-refractivity contribution in [3.63, 3.8) is 0 Å². The van der Waals surface area contributed by atoms with Gasteiger partial charge in [-0.25, -0.2) is 9.79 Å². The number of carbonyl (C=O) groups is 2. The number of ether oxygens (including phenoxy) is 1. The Labute approximate surface area is 185 Å². The van der Waals surface area contributed by atoms with Crippen LogP contribution < -0.4 is 4.90 Å². The molecule has 1 heterocycles. The SMILES string of the molecule is CCOC(=O)c1ccc(C[C@@H]2SC(=Nc3ccccc3)N(c3ccccc3)C2=O)cc1. The third kappa shape index (κ3) is 4.86. The van der Waals surface area contributed by atoms with Gasteiger partial charge in [-0.2, -0.15) is 0 Å². The first-order chi connectivity index (χ1) is 15.2. The van der Waals surface area contributed by atoms with Crippen molar-refractivity contribution in [2.45, 2.75) is 18.6 Å². The number of anilines is 1. The van der Waals surface area contributed by atoms with Gasteiger partial charge < -0.3 is 4.74 Å². The third-order valence-corrected chi connectivity index (χ3v) is 5.95. The van der Waals surface area contributed by atoms with Crippen LogP contribution >= 0.6 is 11.8 Å². The highest BCUT2D eigenvalue weighted by molar-refractivity contribution is 8.16. The van der Waals surface area contributed by atoms with Crippen molar-refractivity contribution in [1.29, 1.82) is 0 Å². The maximum Gasteiger partial charge on any atom is 0.338 e. The zero-order valence-electron chi connectivity index (χ0n) is 17.1. The Morgan fingerprint density at radius 2 is 1.61 bits per heavy atom. The van der Waals surface area contributed by atoms with E-state index in [2.05, 4.69) is 0 Å². The molecule has 0 saturated carbocycles. The van der Waals surface area contributed by atoms with Crippen molar-refractivity contribution >= 4 is 40.2 Å². The predicted molar refractivity (Wildman–Crippen MR) is 125 cm³/mol. The molecule has 31 heavy (non-hydrogen) atoms. The lowest BCUT2D eigenvalue weighted by Gasteiger charge is -2.16. The second-order valence-electron chi connectivity index (χ2n) is 6.97. The number of hydrogen-bond donors (Lipinski definition) is 0. The van der Waals surface area contributed by atoms with Crippen molar-refractivity contribution < 1.29 is 14.3 Å². The highest BCUT2D eigenvalue weighted by Gasteiger charge is 2.39. The molecule has 0 aliphatic carbocycles. The quantitative estimate of drug-likeness (QED) is 0.502. The molecule has 1 fully saturated rings. The minimum atomic E-state index is -0.340. The van der Waals surface area contributed by atoms with E-state index in [-0.39, 0.29) is 17.1 Å². The number of para-hydroxylation sites is 2. The summed E-state index contributed by atoms with van der Waals surface area (Å²) >= 11 is 1.46. The number of thioether (sulfide) groups is 1. The first-order valence-electron chi connectivity index (χ1n) is 10.1. The molecule has 4 rings (SSSR count). The van der Waals surface area contributed by atoms with Crippen LogP contribution in [-0.4, -0.2) is 28.9 Å². The summed E-state index contributed by atoms with van der Waals surface area (Å²) in [7, 11) is 0. The van der Waals surface area contributed by atoms with Gasteiger partial charge in [-0.05, 0) is 55.3 Å². The molecule has 0 aromatic heterocycles. The Morgan fingerprint density at radius 3 is 2.26 bits per heavy atom. The molecule has 1 atom stereocenters. The number of aliphatic imine (C=N–C) groups is 1. The Bertz CT molecular complexity index is 1080. The molecular formula is C25H22N2O3S. The summed E-state index contributed by atoms with van der Waals surface area (Å²) in [6.45, 7) is 2.12. The van der Waals surface area contributed by atoms with Crippen LogP contribution in [0.4, 0.5) is 11.4 Å². The van der Waals surface area contributed by atoms with Crippen molar-refractivity contribution in [2.24, 2.45) is 4.99 Å². The van der Waals surface area contributed by atoms with E-state index in [9.17, 15) is 9.59 Å². The van der Waals surface area contributed by atoms with E-state index in [4.69, 9.17) is 9.73 Å². The molecule has 0 radical (unpaired) electrons. The van der Waals surface area contributed by atoms with Gasteiger partial charge in [0.2, 0.25) is 5.91 Å². The summed E-state index contributed by atoms with van der Waals surface area (Å²) < 4.78 is 5.03. The van der Waals surface area contributed by atoms with Gasteiger partial charge in [0.25, 0.3) is 0 Å². The number of esters is 1. The first kappa shape index (κ1) is 20.9. The fraction of sp³-hybridized carbons (Fsp3) is 0.160. The van der Waals surface area contributed by atoms with Crippen molar-refractivity contribution in [3.8, 4) is 0 Å². The van der Waals surface area contributed by atoms with Gasteiger partial charge in [-0.15, -0.1) is 0 Å². The molecule has 0 spiro atoms. The predicted octanol–water partition coefficient (Wildman–Crippen LogP) is 5.24. The topological polar surface area (TPSA) is 59.0 Å². The first-order valence-corrected chi connectivity index (χ1v) is 11.0. The van der Waals surface area contributed by atoms with Crippen molar-refractivity contribution in [2.75, 3.05) is 11.5 Å². The molecule has 1 aliphatic rings. The Balaban J connectivity index is 1.58. The van der Waals surface area contributed by atoms with Crippen LogP contribution in [0.5, 0.6) is 0 Å². The minimum Gasteiger partial charge on any atom is -0.462 e. The highest BCUT2D eigenvalue weighted by atomic mass is 32.2. The van der Waals surface area contributed by atoms with Gasteiger partial charge in [0.05, 0.1) is 28.8 Å². The second-order valence-corrected chi connectivity index (χ2v) is 8.14. The van der Waals surface area contributed by atoms with E-state index < -0.39 is 0 Å². The van der Waals surface area contributed by atoms with Crippen molar-refractivity contribution in [1.82, 2.24) is 0 Å². The molecule has 5 nitrogen and oxygen atoms in total. The molecule has 6 heteroatoms. The zero-order chi connectivity index (χ0) is 21.6. The molecule has 0 N–H and O–H groups in total. The number of nitrogens with zero attached hydrogens (tertiary/aromatic N) is 2. The van der Waals surface area contributed by atoms with Gasteiger partial charge in [-0.1, -0.05) is 60.3 Å². The largest absolute Gasteiger partial charge is 0.462 e. The minimum absolute atomic E-state index is 0.000324. The summed E-state index contributed by atoms with van der Waals surface area (Å²) in [5.74, 6) is -0.340. The van der Waals surface area contributed by atoms with E-state index in [1.165, 1.54) is 11.8 Å².